The maximum absolute atomic E-state index is 12.0. The first kappa shape index (κ1) is 13.4. The highest BCUT2D eigenvalue weighted by Gasteiger charge is 2.30. The van der Waals surface area contributed by atoms with E-state index < -0.39 is 5.54 Å². The molecule has 1 unspecified atom stereocenters. The van der Waals surface area contributed by atoms with Crippen LogP contribution in [0.4, 0.5) is 0 Å². The molecule has 0 aliphatic carbocycles. The van der Waals surface area contributed by atoms with Crippen molar-refractivity contribution in [3.63, 3.8) is 0 Å². The van der Waals surface area contributed by atoms with Crippen LogP contribution >= 0.6 is 0 Å². The van der Waals surface area contributed by atoms with Gasteiger partial charge in [0, 0.05) is 13.1 Å². The Morgan fingerprint density at radius 1 is 1.29 bits per heavy atom. The van der Waals surface area contributed by atoms with Gasteiger partial charge in [0.05, 0.1) is 5.54 Å². The Morgan fingerprint density at radius 2 is 1.86 bits per heavy atom. The summed E-state index contributed by atoms with van der Waals surface area (Å²) in [6, 6.07) is 0. The summed E-state index contributed by atoms with van der Waals surface area (Å²) in [7, 11) is 0. The van der Waals surface area contributed by atoms with Crippen molar-refractivity contribution in [2.75, 3.05) is 13.1 Å². The SMILES string of the molecule is CCCN(CC)C(=O)C(C)(N)CCC. The standard InChI is InChI=1S/C11H24N2O/c1-5-8-11(4,12)10(14)13(7-3)9-6-2/h5-9,12H2,1-4H3. The topological polar surface area (TPSA) is 46.3 Å². The van der Waals surface area contributed by atoms with Crippen LogP contribution in [-0.4, -0.2) is 29.4 Å². The van der Waals surface area contributed by atoms with Crippen molar-refractivity contribution in [3.8, 4) is 0 Å². The maximum atomic E-state index is 12.0. The van der Waals surface area contributed by atoms with E-state index in [-0.39, 0.29) is 5.91 Å². The molecule has 1 atom stereocenters. The van der Waals surface area contributed by atoms with Crippen LogP contribution in [-0.2, 0) is 4.79 Å². The van der Waals surface area contributed by atoms with Crippen LogP contribution in [0.1, 0.15) is 47.0 Å². The Bertz CT molecular complexity index is 178. The monoisotopic (exact) mass is 200 g/mol. The number of nitrogens with two attached hydrogens (primary N) is 1. The second kappa shape index (κ2) is 6.02. The summed E-state index contributed by atoms with van der Waals surface area (Å²) in [5.41, 5.74) is 5.31. The number of hydrogen-bond acceptors (Lipinski definition) is 2. The molecule has 0 fully saturated rings. The minimum absolute atomic E-state index is 0.0868. The maximum Gasteiger partial charge on any atom is 0.242 e. The van der Waals surface area contributed by atoms with Crippen molar-refractivity contribution < 1.29 is 4.79 Å². The van der Waals surface area contributed by atoms with Gasteiger partial charge in [-0.3, -0.25) is 4.79 Å². The third-order valence-electron chi connectivity index (χ3n) is 2.42. The van der Waals surface area contributed by atoms with Gasteiger partial charge in [0.25, 0.3) is 0 Å². The first-order valence-electron chi connectivity index (χ1n) is 5.57. The van der Waals surface area contributed by atoms with E-state index in [9.17, 15) is 4.79 Å². The molecule has 0 bridgehead atoms. The smallest absolute Gasteiger partial charge is 0.242 e. The van der Waals surface area contributed by atoms with E-state index in [1.165, 1.54) is 0 Å². The molecule has 0 aromatic heterocycles. The largest absolute Gasteiger partial charge is 0.341 e. The number of nitrogens with zero attached hydrogens (tertiary/aromatic N) is 1. The Kier molecular flexibility index (Phi) is 5.77. The third kappa shape index (κ3) is 3.66. The van der Waals surface area contributed by atoms with Gasteiger partial charge in [0.1, 0.15) is 0 Å². The number of carbonyl (C=O) groups excluding carboxylic acids is 1. The predicted molar refractivity (Wildman–Crippen MR) is 60.0 cm³/mol. The molecular formula is C11H24N2O. The van der Waals surface area contributed by atoms with E-state index in [0.29, 0.717) is 0 Å². The zero-order valence-electron chi connectivity index (χ0n) is 9.97. The van der Waals surface area contributed by atoms with E-state index in [0.717, 1.165) is 32.4 Å². The molecule has 84 valence electrons. The Morgan fingerprint density at radius 3 is 2.21 bits per heavy atom. The van der Waals surface area contributed by atoms with Crippen LogP contribution in [0.2, 0.25) is 0 Å². The molecule has 0 spiro atoms. The van der Waals surface area contributed by atoms with Crippen LogP contribution in [0.15, 0.2) is 0 Å². The molecule has 3 heteroatoms. The van der Waals surface area contributed by atoms with Crippen molar-refractivity contribution in [2.45, 2.75) is 52.5 Å². The van der Waals surface area contributed by atoms with Gasteiger partial charge in [-0.25, -0.2) is 0 Å². The molecule has 3 nitrogen and oxygen atoms in total. The molecule has 0 heterocycles. The first-order valence-corrected chi connectivity index (χ1v) is 5.57. The number of amides is 1. The van der Waals surface area contributed by atoms with Crippen LogP contribution in [0.25, 0.3) is 0 Å². The van der Waals surface area contributed by atoms with Gasteiger partial charge in [-0.15, -0.1) is 0 Å². The molecule has 0 saturated carbocycles. The second-order valence-electron chi connectivity index (χ2n) is 4.05. The fourth-order valence-electron chi connectivity index (χ4n) is 1.66. The number of rotatable bonds is 6. The summed E-state index contributed by atoms with van der Waals surface area (Å²) in [4.78, 5) is 13.8. The molecule has 0 saturated heterocycles. The third-order valence-corrected chi connectivity index (χ3v) is 2.42. The highest BCUT2D eigenvalue weighted by molar-refractivity contribution is 5.85. The lowest BCUT2D eigenvalue weighted by Gasteiger charge is -2.30. The minimum atomic E-state index is -0.681. The van der Waals surface area contributed by atoms with Gasteiger partial charge in [0.15, 0.2) is 0 Å². The fourth-order valence-corrected chi connectivity index (χ4v) is 1.66. The highest BCUT2D eigenvalue weighted by atomic mass is 16.2. The van der Waals surface area contributed by atoms with E-state index in [1.807, 2.05) is 18.7 Å². The molecule has 1 amide bonds. The van der Waals surface area contributed by atoms with Crippen molar-refractivity contribution in [2.24, 2.45) is 5.73 Å². The molecule has 0 radical (unpaired) electrons. The van der Waals surface area contributed by atoms with Crippen LogP contribution in [0.5, 0.6) is 0 Å². The highest BCUT2D eigenvalue weighted by Crippen LogP contribution is 2.12. The van der Waals surface area contributed by atoms with Gasteiger partial charge in [0.2, 0.25) is 5.91 Å². The Balaban J connectivity index is 4.39. The molecule has 0 aromatic rings. The van der Waals surface area contributed by atoms with Crippen molar-refractivity contribution >= 4 is 5.91 Å². The zero-order chi connectivity index (χ0) is 11.2. The summed E-state index contributed by atoms with van der Waals surface area (Å²) in [6.07, 6.45) is 2.69. The molecule has 0 aromatic carbocycles. The average Bonchev–Trinajstić information content (AvgIpc) is 2.13. The lowest BCUT2D eigenvalue weighted by atomic mass is 9.95. The quantitative estimate of drug-likeness (QED) is 0.710. The predicted octanol–water partition coefficient (Wildman–Crippen LogP) is 1.76. The lowest BCUT2D eigenvalue weighted by molar-refractivity contribution is -0.136. The lowest BCUT2D eigenvalue weighted by Crippen LogP contribution is -2.53. The van der Waals surface area contributed by atoms with E-state index in [2.05, 4.69) is 13.8 Å². The van der Waals surface area contributed by atoms with Gasteiger partial charge in [-0.1, -0.05) is 20.3 Å². The van der Waals surface area contributed by atoms with Gasteiger partial charge in [-0.2, -0.15) is 0 Å². The summed E-state index contributed by atoms with van der Waals surface area (Å²) < 4.78 is 0. The van der Waals surface area contributed by atoms with Crippen molar-refractivity contribution in [3.05, 3.63) is 0 Å². The minimum Gasteiger partial charge on any atom is -0.341 e. The molecule has 0 aliphatic rings. The van der Waals surface area contributed by atoms with Crippen LogP contribution < -0.4 is 5.73 Å². The zero-order valence-corrected chi connectivity index (χ0v) is 9.97. The first-order chi connectivity index (χ1) is 6.49. The van der Waals surface area contributed by atoms with Gasteiger partial charge >= 0.3 is 0 Å². The fraction of sp³-hybridized carbons (Fsp3) is 0.909. The van der Waals surface area contributed by atoms with Crippen molar-refractivity contribution in [1.82, 2.24) is 4.90 Å². The number of carbonyl (C=O) groups is 1. The molecule has 2 N–H and O–H groups in total. The Hall–Kier alpha value is -0.570. The average molecular weight is 200 g/mol. The number of likely N-dealkylation sites (N-methyl/N-ethyl adjacent to an activating group) is 1. The number of hydrogen-bond donors (Lipinski definition) is 1. The molecule has 0 aliphatic heterocycles. The van der Waals surface area contributed by atoms with E-state index in [1.54, 1.807) is 0 Å². The summed E-state index contributed by atoms with van der Waals surface area (Å²) in [6.45, 7) is 9.51. The van der Waals surface area contributed by atoms with Crippen LogP contribution in [0.3, 0.4) is 0 Å². The van der Waals surface area contributed by atoms with E-state index in [4.69, 9.17) is 5.73 Å². The Labute approximate surface area is 87.6 Å². The molecule has 0 rings (SSSR count). The normalized spacial score (nSPS) is 14.9. The van der Waals surface area contributed by atoms with E-state index >= 15 is 0 Å². The van der Waals surface area contributed by atoms with Gasteiger partial charge in [-0.05, 0) is 26.7 Å². The summed E-state index contributed by atoms with van der Waals surface area (Å²) in [5, 5.41) is 0. The summed E-state index contributed by atoms with van der Waals surface area (Å²) in [5.74, 6) is 0.0868. The van der Waals surface area contributed by atoms with Crippen molar-refractivity contribution in [1.29, 1.82) is 0 Å². The molecule has 14 heavy (non-hydrogen) atoms. The van der Waals surface area contributed by atoms with Gasteiger partial charge < -0.3 is 10.6 Å². The van der Waals surface area contributed by atoms with Crippen LogP contribution in [0, 0.1) is 0 Å². The summed E-state index contributed by atoms with van der Waals surface area (Å²) >= 11 is 0. The second-order valence-corrected chi connectivity index (χ2v) is 4.05. The molecular weight excluding hydrogens is 176 g/mol.